The molecule has 14 heteroatoms. The molecule has 4 aromatic carbocycles. The van der Waals surface area contributed by atoms with Crippen LogP contribution in [0.5, 0.6) is 11.5 Å². The van der Waals surface area contributed by atoms with E-state index in [1.807, 2.05) is 60.7 Å². The highest BCUT2D eigenvalue weighted by atomic mass is 32.2. The van der Waals surface area contributed by atoms with Gasteiger partial charge in [-0.3, -0.25) is 19.4 Å². The second kappa shape index (κ2) is 20.0. The molecule has 328 valence electrons. The molecule has 0 aliphatic carbocycles. The number of nitrogens with zero attached hydrogens (tertiary/aromatic N) is 4. The number of rotatable bonds is 16. The molecule has 4 aromatic rings. The van der Waals surface area contributed by atoms with Crippen molar-refractivity contribution in [3.63, 3.8) is 0 Å². The van der Waals surface area contributed by atoms with E-state index in [2.05, 4.69) is 81.5 Å². The Hall–Kier alpha value is -6.32. The first kappa shape index (κ1) is 44.3. The number of anilines is 4. The lowest BCUT2D eigenvalue weighted by Crippen LogP contribution is -2.40. The maximum absolute atomic E-state index is 14.0. The maximum atomic E-state index is 14.0. The second-order valence-corrected chi connectivity index (χ2v) is 17.9. The molecule has 12 nitrogen and oxygen atoms in total. The van der Waals surface area contributed by atoms with E-state index < -0.39 is 23.8 Å². The van der Waals surface area contributed by atoms with Crippen molar-refractivity contribution in [2.24, 2.45) is 0 Å². The first-order valence-electron chi connectivity index (χ1n) is 21.3. The van der Waals surface area contributed by atoms with Gasteiger partial charge in [-0.2, -0.15) is 0 Å². The van der Waals surface area contributed by atoms with Crippen LogP contribution in [-0.4, -0.2) is 98.0 Å². The number of carbonyl (C=O) groups is 4. The van der Waals surface area contributed by atoms with Crippen molar-refractivity contribution >= 4 is 70.0 Å². The molecule has 0 fully saturated rings. The summed E-state index contributed by atoms with van der Waals surface area (Å²) in [6.45, 7) is 16.8. The molecule has 0 spiro atoms. The first-order valence-corrected chi connectivity index (χ1v) is 22.9. The molecule has 2 atom stereocenters. The highest BCUT2D eigenvalue weighted by molar-refractivity contribution is 8.00. The van der Waals surface area contributed by atoms with E-state index in [0.29, 0.717) is 24.5 Å². The summed E-state index contributed by atoms with van der Waals surface area (Å²) in [7, 11) is 0. The van der Waals surface area contributed by atoms with E-state index in [9.17, 15) is 19.2 Å². The largest absolute Gasteiger partial charge is 0.420 e. The average molecular weight is 895 g/mol. The van der Waals surface area contributed by atoms with Crippen LogP contribution in [0.1, 0.15) is 34.6 Å². The minimum Gasteiger partial charge on any atom is -0.420 e. The number of amides is 2. The molecule has 4 heterocycles. The molecule has 0 saturated carbocycles. The molecule has 64 heavy (non-hydrogen) atoms. The number of hydrogen-bond acceptors (Lipinski definition) is 12. The van der Waals surface area contributed by atoms with E-state index in [0.717, 1.165) is 69.3 Å². The summed E-state index contributed by atoms with van der Waals surface area (Å²) in [6, 6.07) is 22.8. The number of fused-ring (bicyclic) bond motifs is 4. The van der Waals surface area contributed by atoms with Crippen LogP contribution in [-0.2, 0) is 9.59 Å². The van der Waals surface area contributed by atoms with Gasteiger partial charge in [-0.1, -0.05) is 84.2 Å². The van der Waals surface area contributed by atoms with Crippen LogP contribution in [0.3, 0.4) is 0 Å². The van der Waals surface area contributed by atoms with E-state index in [-0.39, 0.29) is 47.8 Å². The fourth-order valence-electron chi connectivity index (χ4n) is 8.35. The Bertz CT molecular complexity index is 2400. The van der Waals surface area contributed by atoms with Gasteiger partial charge in [0.05, 0.1) is 33.9 Å². The number of benzene rings is 4. The minimum atomic E-state index is -0.902. The van der Waals surface area contributed by atoms with Crippen molar-refractivity contribution in [1.82, 2.24) is 20.4 Å². The minimum absolute atomic E-state index is 0.0577. The third-order valence-corrected chi connectivity index (χ3v) is 13.4. The van der Waals surface area contributed by atoms with Gasteiger partial charge in [-0.15, -0.1) is 13.2 Å². The molecule has 0 bridgehead atoms. The van der Waals surface area contributed by atoms with Crippen molar-refractivity contribution in [2.45, 2.75) is 45.5 Å². The molecular formula is C50H50N6O6S2. The lowest BCUT2D eigenvalue weighted by molar-refractivity contribution is -0.131. The zero-order chi connectivity index (χ0) is 44.7. The highest BCUT2D eigenvalue weighted by Crippen LogP contribution is 2.55. The highest BCUT2D eigenvalue weighted by Gasteiger charge is 2.36. The topological polar surface area (TPSA) is 124 Å². The third-order valence-electron chi connectivity index (χ3n) is 11.1. The summed E-state index contributed by atoms with van der Waals surface area (Å²) in [5, 5.41) is 5.65. The van der Waals surface area contributed by atoms with E-state index in [4.69, 9.17) is 9.47 Å². The standard InChI is InChI=1S/C50H50N6O6S2/c1-5-25-51-49(59)35-19-21-41-45(55(33(3)31-53-27-11-12-28-53)37-15-7-9-17-39(37)63-41)47(35)61-43(57)23-24-44(58)62-48-36(50(60)52-26-6-2)20-22-42-46(48)56(34(4)32-54-29-13-14-30-54)38-16-8-10-18-40(38)64-42/h5-24,33-34H,1-2,25-32H2,3-4H3,(H,51,59)(H,52,60)/b24-23+. The van der Waals surface area contributed by atoms with Crippen molar-refractivity contribution in [3.05, 3.63) is 146 Å². The molecular weight excluding hydrogens is 845 g/mol. The van der Waals surface area contributed by atoms with Crippen LogP contribution in [0.25, 0.3) is 0 Å². The molecule has 0 aromatic heterocycles. The lowest BCUT2D eigenvalue weighted by Gasteiger charge is -2.39. The van der Waals surface area contributed by atoms with E-state index >= 15 is 0 Å². The van der Waals surface area contributed by atoms with Crippen molar-refractivity contribution in [2.75, 3.05) is 62.2 Å². The Morgan fingerprint density at radius 2 is 0.984 bits per heavy atom. The Morgan fingerprint density at radius 1 is 0.594 bits per heavy atom. The Labute approximate surface area is 382 Å². The summed E-state index contributed by atoms with van der Waals surface area (Å²) in [5.41, 5.74) is 3.27. The fourth-order valence-corrected chi connectivity index (χ4v) is 10.5. The van der Waals surface area contributed by atoms with Gasteiger partial charge in [0, 0.05) is 96.2 Å². The van der Waals surface area contributed by atoms with Gasteiger partial charge < -0.3 is 29.9 Å². The third kappa shape index (κ3) is 9.46. The zero-order valence-electron chi connectivity index (χ0n) is 35.8. The van der Waals surface area contributed by atoms with Gasteiger partial charge in [-0.25, -0.2) is 9.59 Å². The molecule has 4 aliphatic rings. The number of para-hydroxylation sites is 2. The number of nitrogens with one attached hydrogen (secondary N) is 2. The summed E-state index contributed by atoms with van der Waals surface area (Å²) in [4.78, 5) is 68.0. The number of ether oxygens (including phenoxy) is 2. The number of hydrogen-bond donors (Lipinski definition) is 2. The smallest absolute Gasteiger partial charge is 0.336 e. The number of carbonyl (C=O) groups excluding carboxylic acids is 4. The molecule has 0 saturated heterocycles. The molecule has 4 aliphatic heterocycles. The molecule has 0 radical (unpaired) electrons. The molecule has 2 amide bonds. The summed E-state index contributed by atoms with van der Waals surface area (Å²) in [6.07, 6.45) is 13.7. The zero-order valence-corrected chi connectivity index (χ0v) is 37.5. The van der Waals surface area contributed by atoms with Gasteiger partial charge in [-0.05, 0) is 62.4 Å². The van der Waals surface area contributed by atoms with Crippen LogP contribution in [0.15, 0.2) is 154 Å². The van der Waals surface area contributed by atoms with Gasteiger partial charge >= 0.3 is 11.9 Å². The van der Waals surface area contributed by atoms with Gasteiger partial charge in [0.15, 0.2) is 11.5 Å². The van der Waals surface area contributed by atoms with E-state index in [1.54, 1.807) is 24.3 Å². The fraction of sp³-hybridized carbons (Fsp3) is 0.240. The Balaban J connectivity index is 1.13. The van der Waals surface area contributed by atoms with Gasteiger partial charge in [0.1, 0.15) is 0 Å². The first-order chi connectivity index (χ1) is 31.1. The lowest BCUT2D eigenvalue weighted by atomic mass is 10.1. The maximum Gasteiger partial charge on any atom is 0.336 e. The normalized spacial score (nSPS) is 16.0. The van der Waals surface area contributed by atoms with Crippen LogP contribution in [0.4, 0.5) is 22.7 Å². The molecule has 2 unspecified atom stereocenters. The van der Waals surface area contributed by atoms with Gasteiger partial charge in [0.2, 0.25) is 0 Å². The SMILES string of the molecule is C=CCNC(=O)c1ccc2c(c1OC(=O)/C=C/C(=O)Oc1c(C(=O)NCC=C)ccc3c1N(C(C)CN1CC=CC1)c1ccccc1S3)N(C(C)CN1CC=CC1)c1ccccc1S2. The monoisotopic (exact) mass is 894 g/mol. The van der Waals surface area contributed by atoms with Crippen molar-refractivity contribution in [3.8, 4) is 11.5 Å². The number of esters is 2. The predicted molar refractivity (Wildman–Crippen MR) is 254 cm³/mol. The Kier molecular flexibility index (Phi) is 13.9. The molecule has 2 N–H and O–H groups in total. The quantitative estimate of drug-likeness (QED) is 0.0487. The summed E-state index contributed by atoms with van der Waals surface area (Å²) in [5.74, 6) is -2.60. The second-order valence-electron chi connectivity index (χ2n) is 15.7. The predicted octanol–water partition coefficient (Wildman–Crippen LogP) is 8.31. The average Bonchev–Trinajstić information content (AvgIpc) is 4.03. The van der Waals surface area contributed by atoms with Crippen molar-refractivity contribution in [1.29, 1.82) is 0 Å². The Morgan fingerprint density at radius 3 is 1.38 bits per heavy atom. The summed E-state index contributed by atoms with van der Waals surface area (Å²) >= 11 is 3.05. The molecule has 8 rings (SSSR count). The van der Waals surface area contributed by atoms with Crippen LogP contribution in [0, 0.1) is 0 Å². The van der Waals surface area contributed by atoms with Crippen LogP contribution >= 0.6 is 23.5 Å². The van der Waals surface area contributed by atoms with Crippen molar-refractivity contribution < 1.29 is 28.7 Å². The summed E-state index contributed by atoms with van der Waals surface area (Å²) < 4.78 is 12.3. The van der Waals surface area contributed by atoms with E-state index in [1.165, 1.54) is 23.5 Å². The van der Waals surface area contributed by atoms with Gasteiger partial charge in [0.25, 0.3) is 11.8 Å². The van der Waals surface area contributed by atoms with Crippen LogP contribution in [0.2, 0.25) is 0 Å². The van der Waals surface area contributed by atoms with Crippen LogP contribution < -0.4 is 29.9 Å².